The van der Waals surface area contributed by atoms with Crippen LogP contribution in [-0.2, 0) is 19.1 Å². The predicted molar refractivity (Wildman–Crippen MR) is 80.3 cm³/mol. The average Bonchev–Trinajstić information content (AvgIpc) is 2.57. The van der Waals surface area contributed by atoms with Crippen molar-refractivity contribution in [3.05, 3.63) is 18.5 Å². The number of anilines is 1. The van der Waals surface area contributed by atoms with Gasteiger partial charge in [0.1, 0.15) is 13.2 Å². The molecule has 0 spiro atoms. The molecule has 1 aliphatic heterocycles. The van der Waals surface area contributed by atoms with Crippen molar-refractivity contribution in [2.45, 2.75) is 6.92 Å². The fourth-order valence-electron chi connectivity index (χ4n) is 2.09. The molecule has 0 aromatic carbocycles. The van der Waals surface area contributed by atoms with Crippen molar-refractivity contribution in [3.63, 3.8) is 0 Å². The number of nitrogens with one attached hydrogen (secondary N) is 1. The smallest absolute Gasteiger partial charge is 0.325 e. The van der Waals surface area contributed by atoms with Crippen LogP contribution in [-0.4, -0.2) is 76.9 Å². The predicted octanol–water partition coefficient (Wildman–Crippen LogP) is -0.878. The Bertz CT molecular complexity index is 566. The van der Waals surface area contributed by atoms with Crippen LogP contribution in [0.1, 0.15) is 6.92 Å². The molecule has 1 aliphatic rings. The molecule has 0 aliphatic carbocycles. The molecule has 9 nitrogen and oxygen atoms in total. The van der Waals surface area contributed by atoms with E-state index in [-0.39, 0.29) is 13.2 Å². The molecule has 1 saturated heterocycles. The second kappa shape index (κ2) is 8.06. The van der Waals surface area contributed by atoms with Gasteiger partial charge in [0, 0.05) is 32.0 Å². The van der Waals surface area contributed by atoms with E-state index in [1.165, 1.54) is 9.80 Å². The highest BCUT2D eigenvalue weighted by molar-refractivity contribution is 6.35. The fraction of sp³-hybridized carbons (Fsp3) is 0.500. The average molecular weight is 321 g/mol. The summed E-state index contributed by atoms with van der Waals surface area (Å²) in [6.45, 7) is 3.31. The molecule has 0 saturated carbocycles. The van der Waals surface area contributed by atoms with Gasteiger partial charge in [-0.05, 0) is 13.0 Å². The maximum atomic E-state index is 11.8. The lowest BCUT2D eigenvalue weighted by atomic mass is 10.3. The lowest BCUT2D eigenvalue weighted by Crippen LogP contribution is -2.55. The van der Waals surface area contributed by atoms with Crippen molar-refractivity contribution in [2.75, 3.05) is 44.6 Å². The summed E-state index contributed by atoms with van der Waals surface area (Å²) in [7, 11) is 0. The molecule has 0 unspecified atom stereocenters. The van der Waals surface area contributed by atoms with Crippen molar-refractivity contribution in [1.82, 2.24) is 19.8 Å². The first-order valence-electron chi connectivity index (χ1n) is 7.36. The zero-order valence-electron chi connectivity index (χ0n) is 12.9. The molecule has 0 bridgehead atoms. The van der Waals surface area contributed by atoms with Crippen molar-refractivity contribution in [1.29, 1.82) is 0 Å². The summed E-state index contributed by atoms with van der Waals surface area (Å²) in [5.41, 5.74) is 0. The third kappa shape index (κ3) is 4.63. The van der Waals surface area contributed by atoms with E-state index in [1.54, 1.807) is 25.4 Å². The van der Waals surface area contributed by atoms with Gasteiger partial charge in [-0.15, -0.1) is 0 Å². The van der Waals surface area contributed by atoms with E-state index in [9.17, 15) is 14.4 Å². The normalized spacial score (nSPS) is 14.8. The number of hydrogen-bond donors (Lipinski definition) is 1. The highest BCUT2D eigenvalue weighted by Crippen LogP contribution is 2.04. The fourth-order valence-corrected chi connectivity index (χ4v) is 2.09. The van der Waals surface area contributed by atoms with Gasteiger partial charge in [0.25, 0.3) is 0 Å². The molecule has 0 atom stereocenters. The minimum Gasteiger partial charge on any atom is -0.462 e. The second-order valence-corrected chi connectivity index (χ2v) is 4.83. The summed E-state index contributed by atoms with van der Waals surface area (Å²) in [4.78, 5) is 45.9. The molecular weight excluding hydrogens is 302 g/mol. The van der Waals surface area contributed by atoms with Crippen LogP contribution in [0.3, 0.4) is 0 Å². The highest BCUT2D eigenvalue weighted by Gasteiger charge is 2.32. The van der Waals surface area contributed by atoms with Gasteiger partial charge in [-0.3, -0.25) is 14.4 Å². The first kappa shape index (κ1) is 16.7. The van der Waals surface area contributed by atoms with Crippen LogP contribution in [0, 0.1) is 0 Å². The monoisotopic (exact) mass is 321 g/mol. The Kier molecular flexibility index (Phi) is 5.84. The van der Waals surface area contributed by atoms with Gasteiger partial charge in [-0.2, -0.15) is 0 Å². The van der Waals surface area contributed by atoms with Crippen LogP contribution in [0.15, 0.2) is 18.5 Å². The molecule has 1 N–H and O–H groups in total. The SMILES string of the molecule is CCN1CCN(CC(=O)OCCNc2ncccn2)C(=O)C1=O. The van der Waals surface area contributed by atoms with Crippen LogP contribution in [0.2, 0.25) is 0 Å². The van der Waals surface area contributed by atoms with Crippen molar-refractivity contribution in [3.8, 4) is 0 Å². The number of nitrogens with zero attached hydrogens (tertiary/aromatic N) is 4. The first-order valence-corrected chi connectivity index (χ1v) is 7.36. The van der Waals surface area contributed by atoms with E-state index in [2.05, 4.69) is 15.3 Å². The Morgan fingerprint density at radius 3 is 2.57 bits per heavy atom. The second-order valence-electron chi connectivity index (χ2n) is 4.83. The minimum absolute atomic E-state index is 0.119. The third-order valence-corrected chi connectivity index (χ3v) is 3.31. The first-order chi connectivity index (χ1) is 11.1. The molecule has 23 heavy (non-hydrogen) atoms. The summed E-state index contributed by atoms with van der Waals surface area (Å²) in [6.07, 6.45) is 3.19. The topological polar surface area (TPSA) is 105 Å². The zero-order valence-corrected chi connectivity index (χ0v) is 12.9. The molecule has 1 fully saturated rings. The van der Waals surface area contributed by atoms with Crippen molar-refractivity contribution < 1.29 is 19.1 Å². The molecular formula is C14H19N5O4. The van der Waals surface area contributed by atoms with E-state index >= 15 is 0 Å². The molecule has 2 amide bonds. The van der Waals surface area contributed by atoms with Crippen LogP contribution in [0.5, 0.6) is 0 Å². The maximum Gasteiger partial charge on any atom is 0.325 e. The Morgan fingerprint density at radius 2 is 1.87 bits per heavy atom. The molecule has 1 aromatic heterocycles. The minimum atomic E-state index is -0.661. The quantitative estimate of drug-likeness (QED) is 0.395. The Hall–Kier alpha value is -2.71. The third-order valence-electron chi connectivity index (χ3n) is 3.31. The highest BCUT2D eigenvalue weighted by atomic mass is 16.5. The lowest BCUT2D eigenvalue weighted by molar-refractivity contribution is -0.159. The van der Waals surface area contributed by atoms with Gasteiger partial charge >= 0.3 is 17.8 Å². The molecule has 1 aromatic rings. The molecule has 124 valence electrons. The van der Waals surface area contributed by atoms with Gasteiger partial charge in [0.2, 0.25) is 5.95 Å². The number of ether oxygens (including phenoxy) is 1. The van der Waals surface area contributed by atoms with Gasteiger partial charge in [-0.25, -0.2) is 9.97 Å². The molecule has 9 heteroatoms. The van der Waals surface area contributed by atoms with Gasteiger partial charge in [-0.1, -0.05) is 0 Å². The largest absolute Gasteiger partial charge is 0.462 e. The van der Waals surface area contributed by atoms with E-state index in [1.807, 2.05) is 0 Å². The van der Waals surface area contributed by atoms with E-state index in [0.29, 0.717) is 32.1 Å². The molecule has 2 heterocycles. The standard InChI is InChI=1S/C14H19N5O4/c1-2-18-7-8-19(13(22)12(18)21)10-11(20)23-9-6-17-14-15-4-3-5-16-14/h3-5H,2,6-10H2,1H3,(H,15,16,17). The molecule has 0 radical (unpaired) electrons. The maximum absolute atomic E-state index is 11.8. The number of likely N-dealkylation sites (N-methyl/N-ethyl adjacent to an activating group) is 1. The van der Waals surface area contributed by atoms with E-state index < -0.39 is 17.8 Å². The van der Waals surface area contributed by atoms with Crippen LogP contribution >= 0.6 is 0 Å². The number of carbonyl (C=O) groups excluding carboxylic acids is 3. The number of piperazine rings is 1. The summed E-state index contributed by atoms with van der Waals surface area (Å²) in [6, 6.07) is 1.70. The van der Waals surface area contributed by atoms with Crippen LogP contribution < -0.4 is 5.32 Å². The van der Waals surface area contributed by atoms with E-state index in [4.69, 9.17) is 4.74 Å². The van der Waals surface area contributed by atoms with E-state index in [0.717, 1.165) is 0 Å². The summed E-state index contributed by atoms with van der Waals surface area (Å²) in [5, 5.41) is 2.89. The Morgan fingerprint density at radius 1 is 1.22 bits per heavy atom. The molecule has 2 rings (SSSR count). The van der Waals surface area contributed by atoms with Gasteiger partial charge in [0.15, 0.2) is 0 Å². The summed E-state index contributed by atoms with van der Waals surface area (Å²) in [5.74, 6) is -1.34. The number of esters is 1. The van der Waals surface area contributed by atoms with Crippen molar-refractivity contribution in [2.24, 2.45) is 0 Å². The number of aromatic nitrogens is 2. The van der Waals surface area contributed by atoms with Crippen molar-refractivity contribution >= 4 is 23.7 Å². The number of amides is 2. The van der Waals surface area contributed by atoms with Gasteiger partial charge in [0.05, 0.1) is 6.54 Å². The number of carbonyl (C=O) groups is 3. The number of rotatable bonds is 7. The van der Waals surface area contributed by atoms with Crippen LogP contribution in [0.25, 0.3) is 0 Å². The zero-order chi connectivity index (χ0) is 16.7. The summed E-state index contributed by atoms with van der Waals surface area (Å²) < 4.78 is 5.03. The Balaban J connectivity index is 1.69. The number of hydrogen-bond acceptors (Lipinski definition) is 7. The lowest BCUT2D eigenvalue weighted by Gasteiger charge is -2.32. The van der Waals surface area contributed by atoms with Gasteiger partial charge < -0.3 is 19.9 Å². The Labute approximate surface area is 133 Å². The van der Waals surface area contributed by atoms with Crippen LogP contribution in [0.4, 0.5) is 5.95 Å². The summed E-state index contributed by atoms with van der Waals surface area (Å²) >= 11 is 0.